The van der Waals surface area contributed by atoms with Crippen molar-refractivity contribution in [2.75, 3.05) is 5.32 Å². The van der Waals surface area contributed by atoms with Crippen LogP contribution in [0.2, 0.25) is 0 Å². The van der Waals surface area contributed by atoms with Gasteiger partial charge in [0.2, 0.25) is 5.95 Å². The highest BCUT2D eigenvalue weighted by Crippen LogP contribution is 2.22. The van der Waals surface area contributed by atoms with Crippen molar-refractivity contribution < 1.29 is 0 Å². The first kappa shape index (κ1) is 19.0. The van der Waals surface area contributed by atoms with Crippen LogP contribution < -0.4 is 5.32 Å². The van der Waals surface area contributed by atoms with Crippen LogP contribution in [0, 0.1) is 0 Å². The second-order valence-electron chi connectivity index (χ2n) is 7.81. The fraction of sp³-hybridized carbons (Fsp3) is 0.227. The van der Waals surface area contributed by atoms with Gasteiger partial charge in [0.05, 0.1) is 36.2 Å². The smallest absolute Gasteiger partial charge is 0.229 e. The Bertz CT molecular complexity index is 1340. The van der Waals surface area contributed by atoms with E-state index in [2.05, 4.69) is 74.9 Å². The Hall–Kier alpha value is -4.01. The van der Waals surface area contributed by atoms with Gasteiger partial charge in [0.1, 0.15) is 0 Å². The standard InChI is InChI=1S/C22H23N9/c1-15(2)30-13-19(10-25-30)17-6-4-5-16(7-17)12-31-21-18(9-26-31)8-23-22(28-21)27-20-11-24-29(3)14-20/h4-11,13-15H,12H2,1-3H3,(H,23,27,28). The molecule has 4 aromatic heterocycles. The van der Waals surface area contributed by atoms with Crippen LogP contribution >= 0.6 is 0 Å². The zero-order chi connectivity index (χ0) is 21.4. The van der Waals surface area contributed by atoms with Crippen LogP contribution in [0.1, 0.15) is 25.5 Å². The topological polar surface area (TPSA) is 91.3 Å². The molecule has 0 aliphatic rings. The Morgan fingerprint density at radius 2 is 1.87 bits per heavy atom. The highest BCUT2D eigenvalue weighted by molar-refractivity contribution is 5.75. The second-order valence-corrected chi connectivity index (χ2v) is 7.81. The number of hydrogen-bond donors (Lipinski definition) is 1. The lowest BCUT2D eigenvalue weighted by atomic mass is 10.1. The van der Waals surface area contributed by atoms with E-state index in [0.717, 1.165) is 33.4 Å². The number of nitrogens with zero attached hydrogens (tertiary/aromatic N) is 8. The molecule has 9 heteroatoms. The molecule has 0 amide bonds. The number of nitrogens with one attached hydrogen (secondary N) is 1. The average molecular weight is 413 g/mol. The van der Waals surface area contributed by atoms with Crippen molar-refractivity contribution in [2.24, 2.45) is 7.05 Å². The monoisotopic (exact) mass is 413 g/mol. The van der Waals surface area contributed by atoms with E-state index in [0.29, 0.717) is 18.5 Å². The summed E-state index contributed by atoms with van der Waals surface area (Å²) < 4.78 is 5.59. The van der Waals surface area contributed by atoms with Crippen molar-refractivity contribution >= 4 is 22.7 Å². The van der Waals surface area contributed by atoms with E-state index in [4.69, 9.17) is 0 Å². The average Bonchev–Trinajstić information content (AvgIpc) is 3.49. The van der Waals surface area contributed by atoms with Gasteiger partial charge in [0.15, 0.2) is 5.65 Å². The fourth-order valence-corrected chi connectivity index (χ4v) is 3.45. The van der Waals surface area contributed by atoms with Crippen LogP contribution in [0.25, 0.3) is 22.2 Å². The van der Waals surface area contributed by atoms with Gasteiger partial charge in [-0.1, -0.05) is 18.2 Å². The zero-order valence-electron chi connectivity index (χ0n) is 17.6. The molecule has 9 nitrogen and oxygen atoms in total. The summed E-state index contributed by atoms with van der Waals surface area (Å²) in [6, 6.07) is 8.77. The quantitative estimate of drug-likeness (QED) is 0.455. The molecule has 0 spiro atoms. The largest absolute Gasteiger partial charge is 0.321 e. The fourth-order valence-electron chi connectivity index (χ4n) is 3.45. The summed E-state index contributed by atoms with van der Waals surface area (Å²) in [5.74, 6) is 0.511. The Labute approximate surface area is 179 Å². The Balaban J connectivity index is 1.41. The Morgan fingerprint density at radius 3 is 2.65 bits per heavy atom. The highest BCUT2D eigenvalue weighted by Gasteiger charge is 2.10. The van der Waals surface area contributed by atoms with Crippen molar-refractivity contribution in [1.82, 2.24) is 39.3 Å². The van der Waals surface area contributed by atoms with Gasteiger partial charge in [0, 0.05) is 37.2 Å². The maximum Gasteiger partial charge on any atom is 0.229 e. The Kier molecular flexibility index (Phi) is 4.70. The summed E-state index contributed by atoms with van der Waals surface area (Å²) in [4.78, 5) is 9.05. The van der Waals surface area contributed by atoms with Crippen LogP contribution in [0.3, 0.4) is 0 Å². The van der Waals surface area contributed by atoms with Gasteiger partial charge in [-0.15, -0.1) is 0 Å². The van der Waals surface area contributed by atoms with Gasteiger partial charge in [-0.25, -0.2) is 9.67 Å². The first-order chi connectivity index (χ1) is 15.0. The van der Waals surface area contributed by atoms with E-state index < -0.39 is 0 Å². The van der Waals surface area contributed by atoms with E-state index in [1.54, 1.807) is 23.3 Å². The van der Waals surface area contributed by atoms with Crippen molar-refractivity contribution in [3.05, 3.63) is 67.0 Å². The Morgan fingerprint density at radius 1 is 0.968 bits per heavy atom. The third kappa shape index (κ3) is 3.89. The molecule has 0 bridgehead atoms. The molecule has 0 saturated heterocycles. The summed E-state index contributed by atoms with van der Waals surface area (Å²) in [7, 11) is 1.87. The number of benzene rings is 1. The van der Waals surface area contributed by atoms with Gasteiger partial charge in [-0.3, -0.25) is 9.36 Å². The lowest BCUT2D eigenvalue weighted by molar-refractivity contribution is 0.532. The minimum Gasteiger partial charge on any atom is -0.321 e. The molecule has 4 heterocycles. The van der Waals surface area contributed by atoms with Gasteiger partial charge in [-0.2, -0.15) is 20.3 Å². The number of rotatable bonds is 6. The van der Waals surface area contributed by atoms with Crippen molar-refractivity contribution in [1.29, 1.82) is 0 Å². The summed E-state index contributed by atoms with van der Waals surface area (Å²) in [6.45, 7) is 4.85. The van der Waals surface area contributed by atoms with Crippen LogP contribution in [0.4, 0.5) is 11.6 Å². The van der Waals surface area contributed by atoms with E-state index in [1.165, 1.54) is 0 Å². The van der Waals surface area contributed by atoms with Crippen molar-refractivity contribution in [3.8, 4) is 11.1 Å². The highest BCUT2D eigenvalue weighted by atomic mass is 15.3. The predicted octanol–water partition coefficient (Wildman–Crippen LogP) is 3.80. The van der Waals surface area contributed by atoms with Gasteiger partial charge >= 0.3 is 0 Å². The molecule has 0 radical (unpaired) electrons. The lowest BCUT2D eigenvalue weighted by Crippen LogP contribution is -2.04. The molecule has 31 heavy (non-hydrogen) atoms. The molecule has 1 N–H and O–H groups in total. The molecule has 1 aromatic carbocycles. The molecule has 5 rings (SSSR count). The van der Waals surface area contributed by atoms with E-state index >= 15 is 0 Å². The minimum atomic E-state index is 0.335. The molecule has 5 aromatic rings. The predicted molar refractivity (Wildman–Crippen MR) is 119 cm³/mol. The summed E-state index contributed by atoms with van der Waals surface area (Å²) >= 11 is 0. The van der Waals surface area contributed by atoms with Crippen molar-refractivity contribution in [2.45, 2.75) is 26.4 Å². The molecule has 0 aliphatic carbocycles. The number of anilines is 2. The first-order valence-electron chi connectivity index (χ1n) is 10.1. The third-order valence-electron chi connectivity index (χ3n) is 5.06. The van der Waals surface area contributed by atoms with E-state index in [1.807, 2.05) is 28.8 Å². The van der Waals surface area contributed by atoms with Crippen LogP contribution in [-0.2, 0) is 13.6 Å². The zero-order valence-corrected chi connectivity index (χ0v) is 17.6. The van der Waals surface area contributed by atoms with Crippen LogP contribution in [-0.4, -0.2) is 39.3 Å². The molecule has 0 aliphatic heterocycles. The minimum absolute atomic E-state index is 0.335. The molecule has 156 valence electrons. The van der Waals surface area contributed by atoms with Gasteiger partial charge in [0.25, 0.3) is 0 Å². The van der Waals surface area contributed by atoms with E-state index in [9.17, 15) is 0 Å². The number of aromatic nitrogens is 8. The normalized spacial score (nSPS) is 11.5. The van der Waals surface area contributed by atoms with Gasteiger partial charge < -0.3 is 5.32 Å². The van der Waals surface area contributed by atoms with Crippen molar-refractivity contribution in [3.63, 3.8) is 0 Å². The first-order valence-corrected chi connectivity index (χ1v) is 10.1. The maximum absolute atomic E-state index is 4.67. The third-order valence-corrected chi connectivity index (χ3v) is 5.06. The molecule has 0 fully saturated rings. The van der Waals surface area contributed by atoms with Gasteiger partial charge in [-0.05, 0) is 31.0 Å². The molecular formula is C22H23N9. The summed E-state index contributed by atoms with van der Waals surface area (Å²) in [6.07, 6.45) is 11.2. The second kappa shape index (κ2) is 7.67. The number of aryl methyl sites for hydroxylation is 1. The lowest BCUT2D eigenvalue weighted by Gasteiger charge is -2.07. The summed E-state index contributed by atoms with van der Waals surface area (Å²) in [5.41, 5.74) is 4.99. The molecule has 0 atom stereocenters. The maximum atomic E-state index is 4.67. The molecule has 0 unspecified atom stereocenters. The SMILES string of the molecule is CC(C)n1cc(-c2cccc(Cn3ncc4cnc(Nc5cnn(C)c5)nc43)c2)cn1. The van der Waals surface area contributed by atoms with Crippen LogP contribution in [0.5, 0.6) is 0 Å². The van der Waals surface area contributed by atoms with Crippen LogP contribution in [0.15, 0.2) is 61.4 Å². The van der Waals surface area contributed by atoms with E-state index in [-0.39, 0.29) is 0 Å². The number of fused-ring (bicyclic) bond motifs is 1. The molecule has 0 saturated carbocycles. The molecular weight excluding hydrogens is 390 g/mol. The number of hydrogen-bond acceptors (Lipinski definition) is 6. The summed E-state index contributed by atoms with van der Waals surface area (Å²) in [5, 5.41) is 17.2.